The quantitative estimate of drug-likeness (QED) is 0.761. The van der Waals surface area contributed by atoms with Gasteiger partial charge in [0, 0.05) is 0 Å². The summed E-state index contributed by atoms with van der Waals surface area (Å²) in [6, 6.07) is 5.52. The topological polar surface area (TPSA) is 38.7 Å². The van der Waals surface area contributed by atoms with Crippen molar-refractivity contribution in [2.24, 2.45) is 0 Å². The Kier molecular flexibility index (Phi) is 6.22. The zero-order valence-corrected chi connectivity index (χ0v) is 11.4. The second-order valence-electron chi connectivity index (χ2n) is 3.78. The maximum absolute atomic E-state index is 9.48. The molecule has 0 fully saturated rings. The summed E-state index contributed by atoms with van der Waals surface area (Å²) >= 11 is 1.81. The molecule has 4 heteroatoms. The normalized spacial score (nSPS) is 12.2. The van der Waals surface area contributed by atoms with Gasteiger partial charge in [0.1, 0.15) is 0 Å². The van der Waals surface area contributed by atoms with E-state index in [-0.39, 0.29) is 0 Å². The molecule has 3 nitrogen and oxygen atoms in total. The first kappa shape index (κ1) is 14.2. The Balaban J connectivity index is 2.65. The highest BCUT2D eigenvalue weighted by atomic mass is 32.2. The molecule has 1 rings (SSSR count). The number of aliphatic hydroxyl groups excluding tert-OH is 1. The van der Waals surface area contributed by atoms with Gasteiger partial charge < -0.3 is 14.6 Å². The largest absolute Gasteiger partial charge is 0.493 e. The fourth-order valence-electron chi connectivity index (χ4n) is 1.45. The lowest BCUT2D eigenvalue weighted by molar-refractivity contribution is 0.198. The SMILES string of the molecule is COc1cc([C@H](C)O)ccc1OCCCSC. The van der Waals surface area contributed by atoms with Crippen LogP contribution >= 0.6 is 11.8 Å². The van der Waals surface area contributed by atoms with Crippen molar-refractivity contribution in [2.75, 3.05) is 25.7 Å². The van der Waals surface area contributed by atoms with Crippen LogP contribution in [0.4, 0.5) is 0 Å². The third-order valence-electron chi connectivity index (χ3n) is 2.42. The first-order valence-corrected chi connectivity index (χ1v) is 7.06. The summed E-state index contributed by atoms with van der Waals surface area (Å²) in [7, 11) is 1.61. The van der Waals surface area contributed by atoms with E-state index in [0.717, 1.165) is 23.5 Å². The van der Waals surface area contributed by atoms with E-state index < -0.39 is 6.10 Å². The molecule has 0 aliphatic heterocycles. The highest BCUT2D eigenvalue weighted by Gasteiger charge is 2.08. The van der Waals surface area contributed by atoms with E-state index in [0.29, 0.717) is 12.4 Å². The monoisotopic (exact) mass is 256 g/mol. The van der Waals surface area contributed by atoms with E-state index in [9.17, 15) is 5.11 Å². The second kappa shape index (κ2) is 7.45. The van der Waals surface area contributed by atoms with Crippen molar-refractivity contribution in [3.8, 4) is 11.5 Å². The Labute approximate surface area is 107 Å². The van der Waals surface area contributed by atoms with Gasteiger partial charge in [-0.05, 0) is 43.0 Å². The van der Waals surface area contributed by atoms with Gasteiger partial charge in [-0.25, -0.2) is 0 Å². The van der Waals surface area contributed by atoms with Crippen LogP contribution in [-0.4, -0.2) is 30.8 Å². The molecule has 17 heavy (non-hydrogen) atoms. The van der Waals surface area contributed by atoms with Gasteiger partial charge in [0.25, 0.3) is 0 Å². The number of rotatable bonds is 7. The van der Waals surface area contributed by atoms with Crippen LogP contribution in [0.15, 0.2) is 18.2 Å². The van der Waals surface area contributed by atoms with Crippen molar-refractivity contribution in [1.29, 1.82) is 0 Å². The molecule has 1 aromatic rings. The van der Waals surface area contributed by atoms with E-state index in [1.807, 2.05) is 30.0 Å². The summed E-state index contributed by atoms with van der Waals surface area (Å²) in [6.07, 6.45) is 2.61. The Morgan fingerprint density at radius 2 is 2.12 bits per heavy atom. The minimum absolute atomic E-state index is 0.491. The Hall–Kier alpha value is -0.870. The fourth-order valence-corrected chi connectivity index (χ4v) is 1.86. The molecule has 0 spiro atoms. The van der Waals surface area contributed by atoms with Crippen LogP contribution < -0.4 is 9.47 Å². The molecule has 0 saturated carbocycles. The summed E-state index contributed by atoms with van der Waals surface area (Å²) in [5.74, 6) is 2.50. The van der Waals surface area contributed by atoms with Crippen LogP contribution in [0.5, 0.6) is 11.5 Å². The molecule has 0 amide bonds. The van der Waals surface area contributed by atoms with Gasteiger partial charge >= 0.3 is 0 Å². The van der Waals surface area contributed by atoms with Crippen LogP contribution in [0.3, 0.4) is 0 Å². The molecule has 0 bridgehead atoms. The van der Waals surface area contributed by atoms with E-state index in [1.54, 1.807) is 14.0 Å². The summed E-state index contributed by atoms with van der Waals surface area (Å²) in [5, 5.41) is 9.48. The van der Waals surface area contributed by atoms with Crippen LogP contribution in [0.2, 0.25) is 0 Å². The Bertz CT molecular complexity index is 339. The van der Waals surface area contributed by atoms with Crippen LogP contribution in [0.1, 0.15) is 25.0 Å². The van der Waals surface area contributed by atoms with Gasteiger partial charge in [-0.1, -0.05) is 6.07 Å². The van der Waals surface area contributed by atoms with Gasteiger partial charge in [0.15, 0.2) is 11.5 Å². The van der Waals surface area contributed by atoms with Gasteiger partial charge in [-0.15, -0.1) is 0 Å². The number of thioether (sulfide) groups is 1. The third kappa shape index (κ3) is 4.48. The molecular weight excluding hydrogens is 236 g/mol. The van der Waals surface area contributed by atoms with Crippen LogP contribution in [0.25, 0.3) is 0 Å². The maximum Gasteiger partial charge on any atom is 0.161 e. The van der Waals surface area contributed by atoms with E-state index in [4.69, 9.17) is 9.47 Å². The minimum Gasteiger partial charge on any atom is -0.493 e. The van der Waals surface area contributed by atoms with Gasteiger partial charge in [-0.2, -0.15) is 11.8 Å². The molecule has 0 aliphatic carbocycles. The lowest BCUT2D eigenvalue weighted by Gasteiger charge is -2.13. The first-order valence-electron chi connectivity index (χ1n) is 5.66. The summed E-state index contributed by atoms with van der Waals surface area (Å²) < 4.78 is 10.9. The van der Waals surface area contributed by atoms with Crippen LogP contribution in [0, 0.1) is 0 Å². The number of benzene rings is 1. The Morgan fingerprint density at radius 1 is 1.35 bits per heavy atom. The van der Waals surface area contributed by atoms with Crippen molar-refractivity contribution >= 4 is 11.8 Å². The molecule has 0 unspecified atom stereocenters. The lowest BCUT2D eigenvalue weighted by atomic mass is 10.1. The minimum atomic E-state index is -0.491. The summed E-state index contributed by atoms with van der Waals surface area (Å²) in [6.45, 7) is 2.42. The van der Waals surface area contributed by atoms with Gasteiger partial charge in [-0.3, -0.25) is 0 Å². The summed E-state index contributed by atoms with van der Waals surface area (Å²) in [4.78, 5) is 0. The third-order valence-corrected chi connectivity index (χ3v) is 3.12. The number of aliphatic hydroxyl groups is 1. The standard InChI is InChI=1S/C13H20O3S/c1-10(14)11-5-6-12(13(9-11)15-2)16-7-4-8-17-3/h5-6,9-10,14H,4,7-8H2,1-3H3/t10-/m0/s1. The lowest BCUT2D eigenvalue weighted by Crippen LogP contribution is -2.01. The van der Waals surface area contributed by atoms with Crippen molar-refractivity contribution < 1.29 is 14.6 Å². The molecule has 1 aromatic carbocycles. The van der Waals surface area contributed by atoms with Crippen molar-refractivity contribution in [2.45, 2.75) is 19.4 Å². The van der Waals surface area contributed by atoms with Gasteiger partial charge in [0.05, 0.1) is 19.8 Å². The smallest absolute Gasteiger partial charge is 0.161 e. The highest BCUT2D eigenvalue weighted by molar-refractivity contribution is 7.98. The molecule has 0 saturated heterocycles. The fraction of sp³-hybridized carbons (Fsp3) is 0.538. The Morgan fingerprint density at radius 3 is 2.71 bits per heavy atom. The number of ether oxygens (including phenoxy) is 2. The molecule has 0 radical (unpaired) electrons. The zero-order valence-electron chi connectivity index (χ0n) is 10.6. The maximum atomic E-state index is 9.48. The number of methoxy groups -OCH3 is 1. The number of hydrogen-bond donors (Lipinski definition) is 1. The molecule has 0 aliphatic rings. The zero-order chi connectivity index (χ0) is 12.7. The van der Waals surface area contributed by atoms with E-state index in [1.165, 1.54) is 0 Å². The number of hydrogen-bond acceptors (Lipinski definition) is 4. The van der Waals surface area contributed by atoms with Crippen LogP contribution in [-0.2, 0) is 0 Å². The average molecular weight is 256 g/mol. The first-order chi connectivity index (χ1) is 8.19. The average Bonchev–Trinajstić information content (AvgIpc) is 2.34. The predicted molar refractivity (Wildman–Crippen MR) is 72.1 cm³/mol. The molecule has 96 valence electrons. The highest BCUT2D eigenvalue weighted by Crippen LogP contribution is 2.30. The molecule has 1 atom stereocenters. The van der Waals surface area contributed by atoms with Crippen molar-refractivity contribution in [1.82, 2.24) is 0 Å². The molecule has 1 N–H and O–H groups in total. The predicted octanol–water partition coefficient (Wildman–Crippen LogP) is 2.88. The molecular formula is C13H20O3S. The second-order valence-corrected chi connectivity index (χ2v) is 4.77. The molecule has 0 aromatic heterocycles. The van der Waals surface area contributed by atoms with Gasteiger partial charge in [0.2, 0.25) is 0 Å². The van der Waals surface area contributed by atoms with E-state index in [2.05, 4.69) is 6.26 Å². The van der Waals surface area contributed by atoms with Crippen molar-refractivity contribution in [3.63, 3.8) is 0 Å². The van der Waals surface area contributed by atoms with E-state index >= 15 is 0 Å². The van der Waals surface area contributed by atoms with Crippen molar-refractivity contribution in [3.05, 3.63) is 23.8 Å². The molecule has 0 heterocycles. The summed E-state index contributed by atoms with van der Waals surface area (Å²) in [5.41, 5.74) is 0.832.